The van der Waals surface area contributed by atoms with E-state index in [0.29, 0.717) is 6.54 Å². The lowest BCUT2D eigenvalue weighted by Gasteiger charge is -2.40. The van der Waals surface area contributed by atoms with Crippen LogP contribution in [0, 0.1) is 5.92 Å². The maximum atomic E-state index is 13.5. The zero-order valence-electron chi connectivity index (χ0n) is 21.0. The SMILES string of the molecule is CC(C)N1C(=O)C2CNC(Nc3ccc4c(c3)CCNC4)NC2N1c1ccnc(C(C)(C)CO)c1. The number of aliphatic hydroxyl groups is 1. The highest BCUT2D eigenvalue weighted by molar-refractivity contribution is 5.86. The molecule has 0 saturated carbocycles. The number of fused-ring (bicyclic) bond motifs is 2. The maximum absolute atomic E-state index is 13.5. The first kappa shape index (κ1) is 24.0. The Kier molecular flexibility index (Phi) is 6.43. The molecule has 9 heteroatoms. The van der Waals surface area contributed by atoms with Crippen LogP contribution in [0.15, 0.2) is 36.5 Å². The number of anilines is 2. The van der Waals surface area contributed by atoms with E-state index in [4.69, 9.17) is 0 Å². The van der Waals surface area contributed by atoms with E-state index < -0.39 is 5.41 Å². The number of aliphatic hydroxyl groups excluding tert-OH is 1. The summed E-state index contributed by atoms with van der Waals surface area (Å²) in [5.41, 5.74) is 4.99. The molecule has 35 heavy (non-hydrogen) atoms. The van der Waals surface area contributed by atoms with Gasteiger partial charge in [0.2, 0.25) is 5.91 Å². The topological polar surface area (TPSA) is 105 Å². The van der Waals surface area contributed by atoms with Gasteiger partial charge in [0.1, 0.15) is 12.5 Å². The first-order chi connectivity index (χ1) is 16.8. The van der Waals surface area contributed by atoms with Crippen LogP contribution in [0.1, 0.15) is 44.5 Å². The van der Waals surface area contributed by atoms with Gasteiger partial charge in [-0.25, -0.2) is 5.01 Å². The second kappa shape index (κ2) is 9.39. The van der Waals surface area contributed by atoms with Crippen LogP contribution in [-0.2, 0) is 23.2 Å². The molecule has 3 atom stereocenters. The van der Waals surface area contributed by atoms with Crippen LogP contribution < -0.4 is 26.3 Å². The number of carbonyl (C=O) groups excluding carboxylic acids is 1. The molecule has 4 heterocycles. The molecule has 2 saturated heterocycles. The summed E-state index contributed by atoms with van der Waals surface area (Å²) in [6, 6.07) is 10.5. The Morgan fingerprint density at radius 1 is 1.23 bits per heavy atom. The number of hydrogen-bond donors (Lipinski definition) is 5. The molecule has 3 unspecified atom stereocenters. The van der Waals surface area contributed by atoms with Crippen LogP contribution in [0.2, 0.25) is 0 Å². The fraction of sp³-hybridized carbons (Fsp3) is 0.538. The lowest BCUT2D eigenvalue weighted by molar-refractivity contribution is -0.132. The summed E-state index contributed by atoms with van der Waals surface area (Å²) in [4.78, 5) is 18.0. The van der Waals surface area contributed by atoms with Gasteiger partial charge in [0.25, 0.3) is 0 Å². The van der Waals surface area contributed by atoms with Crippen molar-refractivity contribution in [1.82, 2.24) is 25.9 Å². The van der Waals surface area contributed by atoms with Crippen molar-refractivity contribution in [3.05, 3.63) is 53.3 Å². The van der Waals surface area contributed by atoms with Crippen molar-refractivity contribution >= 4 is 17.3 Å². The third kappa shape index (κ3) is 4.49. The second-order valence-electron chi connectivity index (χ2n) is 10.7. The van der Waals surface area contributed by atoms with E-state index in [9.17, 15) is 9.90 Å². The molecular formula is C26H37N7O2. The number of aromatic nitrogens is 1. The van der Waals surface area contributed by atoms with Gasteiger partial charge in [-0.1, -0.05) is 19.9 Å². The van der Waals surface area contributed by atoms with Crippen molar-refractivity contribution < 1.29 is 9.90 Å². The highest BCUT2D eigenvalue weighted by atomic mass is 16.3. The van der Waals surface area contributed by atoms with Crippen molar-refractivity contribution in [1.29, 1.82) is 0 Å². The number of nitrogens with zero attached hydrogens (tertiary/aromatic N) is 3. The van der Waals surface area contributed by atoms with E-state index in [1.54, 1.807) is 6.20 Å². The molecule has 5 N–H and O–H groups in total. The Labute approximate surface area is 207 Å². The Balaban J connectivity index is 1.41. The molecule has 0 radical (unpaired) electrons. The highest BCUT2D eigenvalue weighted by Gasteiger charge is 2.50. The van der Waals surface area contributed by atoms with Crippen LogP contribution in [0.25, 0.3) is 0 Å². The minimum Gasteiger partial charge on any atom is -0.395 e. The molecular weight excluding hydrogens is 442 g/mol. The Bertz CT molecular complexity index is 1090. The van der Waals surface area contributed by atoms with E-state index in [0.717, 1.165) is 36.6 Å². The van der Waals surface area contributed by atoms with Crippen molar-refractivity contribution in [2.75, 3.05) is 30.0 Å². The number of rotatable bonds is 6. The fourth-order valence-electron chi connectivity index (χ4n) is 5.20. The lowest BCUT2D eigenvalue weighted by Crippen LogP contribution is -2.64. The van der Waals surface area contributed by atoms with Crippen LogP contribution in [0.5, 0.6) is 0 Å². The summed E-state index contributed by atoms with van der Waals surface area (Å²) in [6.45, 7) is 10.5. The van der Waals surface area contributed by atoms with Gasteiger partial charge in [-0.2, -0.15) is 0 Å². The third-order valence-electron chi connectivity index (χ3n) is 7.29. The van der Waals surface area contributed by atoms with Gasteiger partial charge in [0.05, 0.1) is 23.9 Å². The van der Waals surface area contributed by atoms with E-state index in [-0.39, 0.29) is 36.9 Å². The molecule has 0 bridgehead atoms. The van der Waals surface area contributed by atoms with Gasteiger partial charge in [0, 0.05) is 36.4 Å². The molecule has 1 amide bonds. The summed E-state index contributed by atoms with van der Waals surface area (Å²) in [5.74, 6) is -0.114. The van der Waals surface area contributed by atoms with Crippen LogP contribution in [0.3, 0.4) is 0 Å². The maximum Gasteiger partial charge on any atom is 0.249 e. The minimum absolute atomic E-state index is 0.00182. The number of hydrogen-bond acceptors (Lipinski definition) is 8. The number of carbonyl (C=O) groups is 1. The van der Waals surface area contributed by atoms with Gasteiger partial charge < -0.3 is 15.7 Å². The Hall–Kier alpha value is -2.72. The smallest absolute Gasteiger partial charge is 0.249 e. The van der Waals surface area contributed by atoms with Gasteiger partial charge in [-0.15, -0.1) is 0 Å². The molecule has 2 aromatic rings. The van der Waals surface area contributed by atoms with Crippen LogP contribution >= 0.6 is 0 Å². The van der Waals surface area contributed by atoms with Crippen LogP contribution in [0.4, 0.5) is 11.4 Å². The van der Waals surface area contributed by atoms with E-state index >= 15 is 0 Å². The predicted octanol–water partition coefficient (Wildman–Crippen LogP) is 1.50. The molecule has 3 aliphatic heterocycles. The zero-order valence-corrected chi connectivity index (χ0v) is 21.0. The Morgan fingerprint density at radius 3 is 2.83 bits per heavy atom. The molecule has 0 aliphatic carbocycles. The van der Waals surface area contributed by atoms with Crippen molar-refractivity contribution in [3.63, 3.8) is 0 Å². The number of amides is 1. The van der Waals surface area contributed by atoms with Crippen molar-refractivity contribution in [2.45, 2.75) is 64.6 Å². The predicted molar refractivity (Wildman–Crippen MR) is 136 cm³/mol. The fourth-order valence-corrected chi connectivity index (χ4v) is 5.20. The number of pyridine rings is 1. The average Bonchev–Trinajstić information content (AvgIpc) is 3.16. The van der Waals surface area contributed by atoms with Gasteiger partial charge in [0.15, 0.2) is 0 Å². The van der Waals surface area contributed by atoms with Crippen molar-refractivity contribution in [3.8, 4) is 0 Å². The highest BCUT2D eigenvalue weighted by Crippen LogP contribution is 2.35. The van der Waals surface area contributed by atoms with Gasteiger partial charge >= 0.3 is 0 Å². The zero-order chi connectivity index (χ0) is 24.7. The van der Waals surface area contributed by atoms with Crippen LogP contribution in [-0.4, -0.2) is 59.2 Å². The normalized spacial score (nSPS) is 24.5. The summed E-state index contributed by atoms with van der Waals surface area (Å²) in [6.07, 6.45) is 2.39. The summed E-state index contributed by atoms with van der Waals surface area (Å²) >= 11 is 0. The first-order valence-corrected chi connectivity index (χ1v) is 12.6. The van der Waals surface area contributed by atoms with E-state index in [1.807, 2.05) is 44.8 Å². The first-order valence-electron chi connectivity index (χ1n) is 12.6. The standard InChI is InChI=1S/C26H37N7O2/c1-16(2)32-24(35)21-14-29-25(30-19-6-5-18-13-27-9-7-17(18)11-19)31-23(21)33(32)20-8-10-28-22(12-20)26(3,4)15-34/h5-6,8,10-12,16,21,23,25,27,29-31,34H,7,9,13-15H2,1-4H3. The van der Waals surface area contributed by atoms with Gasteiger partial charge in [-0.3, -0.25) is 25.4 Å². The molecule has 1 aromatic heterocycles. The summed E-state index contributed by atoms with van der Waals surface area (Å²) in [7, 11) is 0. The molecule has 0 spiro atoms. The average molecular weight is 480 g/mol. The van der Waals surface area contributed by atoms with Crippen molar-refractivity contribution in [2.24, 2.45) is 5.92 Å². The minimum atomic E-state index is -0.477. The second-order valence-corrected chi connectivity index (χ2v) is 10.7. The molecule has 1 aromatic carbocycles. The quantitative estimate of drug-likeness (QED) is 0.425. The summed E-state index contributed by atoms with van der Waals surface area (Å²) < 4.78 is 0. The number of benzene rings is 1. The monoisotopic (exact) mass is 479 g/mol. The largest absolute Gasteiger partial charge is 0.395 e. The molecule has 188 valence electrons. The summed E-state index contributed by atoms with van der Waals surface area (Å²) in [5, 5.41) is 27.9. The molecule has 2 fully saturated rings. The third-order valence-corrected chi connectivity index (χ3v) is 7.29. The molecule has 9 nitrogen and oxygen atoms in total. The lowest BCUT2D eigenvalue weighted by atomic mass is 9.90. The number of hydrazine groups is 1. The molecule has 5 rings (SSSR count). The number of nitrogens with one attached hydrogen (secondary N) is 4. The molecule has 3 aliphatic rings. The van der Waals surface area contributed by atoms with E-state index in [2.05, 4.69) is 49.5 Å². The van der Waals surface area contributed by atoms with E-state index in [1.165, 1.54) is 11.1 Å². The Morgan fingerprint density at radius 2 is 2.06 bits per heavy atom. The van der Waals surface area contributed by atoms with Gasteiger partial charge in [-0.05, 0) is 62.2 Å².